The minimum absolute atomic E-state index is 0.162. The highest BCUT2D eigenvalue weighted by atomic mass is 35.5. The zero-order valence-corrected chi connectivity index (χ0v) is 16.8. The Bertz CT molecular complexity index is 957. The van der Waals surface area contributed by atoms with Crippen LogP contribution in [0.15, 0.2) is 47.7 Å². The van der Waals surface area contributed by atoms with Crippen LogP contribution in [-0.2, 0) is 4.79 Å². The summed E-state index contributed by atoms with van der Waals surface area (Å²) in [5.74, 6) is -0.938. The molecule has 1 atom stereocenters. The van der Waals surface area contributed by atoms with Gasteiger partial charge in [-0.25, -0.2) is 4.39 Å². The zero-order chi connectivity index (χ0) is 19.7. The highest BCUT2D eigenvalue weighted by molar-refractivity contribution is 7.80. The van der Waals surface area contributed by atoms with Gasteiger partial charge >= 0.3 is 0 Å². The first-order valence-corrected chi connectivity index (χ1v) is 9.24. The van der Waals surface area contributed by atoms with Crippen LogP contribution in [-0.4, -0.2) is 11.0 Å². The van der Waals surface area contributed by atoms with E-state index in [0.29, 0.717) is 16.4 Å². The van der Waals surface area contributed by atoms with E-state index in [4.69, 9.17) is 35.4 Å². The van der Waals surface area contributed by atoms with Crippen molar-refractivity contribution in [2.24, 2.45) is 0 Å². The van der Waals surface area contributed by atoms with Gasteiger partial charge in [-0.3, -0.25) is 4.79 Å². The third-order valence-corrected chi connectivity index (χ3v) is 5.03. The molecular weight excluding hydrogens is 408 g/mol. The fraction of sp³-hybridized carbons (Fsp3) is 0.158. The molecule has 0 aliphatic carbocycles. The standard InChI is InChI=1S/C19H16Cl2FN3OS/c1-9-6-7-11(20)8-14(9)24-18(26)15-10(2)23-19(27)25-17(15)16-12(21)4-3-5-13(16)22/h3-8,17H,1-2H3,(H,24,26)(H2,23,25,27). The molecule has 3 N–H and O–H groups in total. The fourth-order valence-corrected chi connectivity index (χ4v) is 3.63. The van der Waals surface area contributed by atoms with Gasteiger partial charge in [-0.05, 0) is 55.9 Å². The molecule has 0 spiro atoms. The number of thiocarbonyl (C=S) groups is 1. The van der Waals surface area contributed by atoms with Gasteiger partial charge in [-0.1, -0.05) is 35.3 Å². The van der Waals surface area contributed by atoms with E-state index in [1.807, 2.05) is 6.92 Å². The lowest BCUT2D eigenvalue weighted by Crippen LogP contribution is -2.46. The molecule has 140 valence electrons. The Labute approximate surface area is 171 Å². The van der Waals surface area contributed by atoms with Crippen LogP contribution in [0.2, 0.25) is 10.0 Å². The Morgan fingerprint density at radius 2 is 1.96 bits per heavy atom. The molecule has 1 aliphatic heterocycles. The van der Waals surface area contributed by atoms with E-state index in [2.05, 4.69) is 16.0 Å². The minimum atomic E-state index is -0.827. The van der Waals surface area contributed by atoms with Crippen LogP contribution in [0.25, 0.3) is 0 Å². The third kappa shape index (κ3) is 4.08. The summed E-state index contributed by atoms with van der Waals surface area (Å²) in [7, 11) is 0. The molecule has 0 bridgehead atoms. The van der Waals surface area contributed by atoms with Gasteiger partial charge in [0.1, 0.15) is 5.82 Å². The summed E-state index contributed by atoms with van der Waals surface area (Å²) < 4.78 is 14.5. The van der Waals surface area contributed by atoms with Crippen molar-refractivity contribution in [1.29, 1.82) is 0 Å². The number of allylic oxidation sites excluding steroid dienone is 1. The molecule has 0 fully saturated rings. The normalized spacial score (nSPS) is 16.6. The SMILES string of the molecule is CC1=C(C(=O)Nc2cc(Cl)ccc2C)C(c2c(F)cccc2Cl)NC(=S)N1. The number of carbonyl (C=O) groups excluding carboxylic acids is 1. The van der Waals surface area contributed by atoms with Gasteiger partial charge in [0.2, 0.25) is 0 Å². The number of aryl methyl sites for hydroxylation is 1. The second-order valence-electron chi connectivity index (χ2n) is 6.12. The Morgan fingerprint density at radius 3 is 2.67 bits per heavy atom. The molecule has 0 radical (unpaired) electrons. The van der Waals surface area contributed by atoms with Crippen molar-refractivity contribution in [3.63, 3.8) is 0 Å². The summed E-state index contributed by atoms with van der Waals surface area (Å²) >= 11 is 17.4. The number of anilines is 1. The summed E-state index contributed by atoms with van der Waals surface area (Å²) in [5.41, 5.74) is 2.38. The Hall–Kier alpha value is -2.15. The van der Waals surface area contributed by atoms with Crippen LogP contribution < -0.4 is 16.0 Å². The quantitative estimate of drug-likeness (QED) is 0.616. The topological polar surface area (TPSA) is 53.2 Å². The van der Waals surface area contributed by atoms with Gasteiger partial charge in [-0.15, -0.1) is 0 Å². The number of hydrogen-bond acceptors (Lipinski definition) is 2. The first-order chi connectivity index (χ1) is 12.8. The monoisotopic (exact) mass is 423 g/mol. The third-order valence-electron chi connectivity index (χ3n) is 4.25. The predicted molar refractivity (Wildman–Crippen MR) is 111 cm³/mol. The fourth-order valence-electron chi connectivity index (χ4n) is 2.92. The van der Waals surface area contributed by atoms with E-state index in [0.717, 1.165) is 5.56 Å². The van der Waals surface area contributed by atoms with Crippen molar-refractivity contribution in [1.82, 2.24) is 10.6 Å². The van der Waals surface area contributed by atoms with Gasteiger partial charge in [0.05, 0.1) is 11.6 Å². The molecule has 0 saturated carbocycles. The average Bonchev–Trinajstić information content (AvgIpc) is 2.57. The van der Waals surface area contributed by atoms with Gasteiger partial charge in [0.15, 0.2) is 5.11 Å². The molecule has 2 aromatic rings. The van der Waals surface area contributed by atoms with Gasteiger partial charge in [-0.2, -0.15) is 0 Å². The second kappa shape index (κ2) is 7.84. The molecule has 0 aromatic heterocycles. The summed E-state index contributed by atoms with van der Waals surface area (Å²) in [6.07, 6.45) is 0. The van der Waals surface area contributed by atoms with Crippen LogP contribution in [0.3, 0.4) is 0 Å². The maximum Gasteiger partial charge on any atom is 0.255 e. The highest BCUT2D eigenvalue weighted by Crippen LogP contribution is 2.34. The first-order valence-electron chi connectivity index (χ1n) is 8.07. The lowest BCUT2D eigenvalue weighted by molar-refractivity contribution is -0.113. The van der Waals surface area contributed by atoms with Crippen LogP contribution in [0.5, 0.6) is 0 Å². The molecule has 1 heterocycles. The summed E-state index contributed by atoms with van der Waals surface area (Å²) in [4.78, 5) is 13.1. The van der Waals surface area contributed by atoms with Crippen molar-refractivity contribution in [3.8, 4) is 0 Å². The van der Waals surface area contributed by atoms with Gasteiger partial charge in [0, 0.05) is 27.0 Å². The minimum Gasteiger partial charge on any atom is -0.351 e. The maximum absolute atomic E-state index is 14.5. The average molecular weight is 424 g/mol. The van der Waals surface area contributed by atoms with E-state index in [1.54, 1.807) is 31.2 Å². The van der Waals surface area contributed by atoms with Crippen LogP contribution in [0.4, 0.5) is 10.1 Å². The van der Waals surface area contributed by atoms with Crippen LogP contribution in [0, 0.1) is 12.7 Å². The van der Waals surface area contributed by atoms with E-state index in [1.165, 1.54) is 12.1 Å². The Balaban J connectivity index is 2.04. The molecule has 3 rings (SSSR count). The number of hydrogen-bond donors (Lipinski definition) is 3. The molecule has 1 amide bonds. The Kier molecular flexibility index (Phi) is 5.69. The number of nitrogens with one attached hydrogen (secondary N) is 3. The molecule has 4 nitrogen and oxygen atoms in total. The van der Waals surface area contributed by atoms with E-state index >= 15 is 0 Å². The second-order valence-corrected chi connectivity index (χ2v) is 7.37. The molecule has 1 aliphatic rings. The van der Waals surface area contributed by atoms with Crippen molar-refractivity contribution in [3.05, 3.63) is 74.7 Å². The lowest BCUT2D eigenvalue weighted by Gasteiger charge is -2.31. The van der Waals surface area contributed by atoms with E-state index < -0.39 is 17.8 Å². The Morgan fingerprint density at radius 1 is 1.22 bits per heavy atom. The van der Waals surface area contributed by atoms with Crippen LogP contribution in [0.1, 0.15) is 24.1 Å². The number of carbonyl (C=O) groups is 1. The number of amides is 1. The number of benzene rings is 2. The summed E-state index contributed by atoms with van der Waals surface area (Å²) in [6.45, 7) is 3.56. The molecule has 1 unspecified atom stereocenters. The lowest BCUT2D eigenvalue weighted by atomic mass is 9.94. The largest absolute Gasteiger partial charge is 0.351 e. The smallest absolute Gasteiger partial charge is 0.255 e. The predicted octanol–water partition coefficient (Wildman–Crippen LogP) is 4.87. The molecule has 27 heavy (non-hydrogen) atoms. The highest BCUT2D eigenvalue weighted by Gasteiger charge is 2.33. The van der Waals surface area contributed by atoms with Gasteiger partial charge < -0.3 is 16.0 Å². The van der Waals surface area contributed by atoms with Crippen molar-refractivity contribution < 1.29 is 9.18 Å². The zero-order valence-electron chi connectivity index (χ0n) is 14.5. The maximum atomic E-state index is 14.5. The van der Waals surface area contributed by atoms with Crippen molar-refractivity contribution in [2.45, 2.75) is 19.9 Å². The molecule has 0 saturated heterocycles. The van der Waals surface area contributed by atoms with E-state index in [9.17, 15) is 9.18 Å². The van der Waals surface area contributed by atoms with Crippen molar-refractivity contribution in [2.75, 3.05) is 5.32 Å². The summed E-state index contributed by atoms with van der Waals surface area (Å²) in [6, 6.07) is 8.74. The van der Waals surface area contributed by atoms with Gasteiger partial charge in [0.25, 0.3) is 5.91 Å². The molecular formula is C19H16Cl2FN3OS. The number of halogens is 3. The van der Waals surface area contributed by atoms with Crippen LogP contribution >= 0.6 is 35.4 Å². The summed E-state index contributed by atoms with van der Waals surface area (Å²) in [5, 5.41) is 9.67. The van der Waals surface area contributed by atoms with E-state index in [-0.39, 0.29) is 21.3 Å². The number of rotatable bonds is 3. The van der Waals surface area contributed by atoms with Crippen molar-refractivity contribution >= 4 is 52.1 Å². The molecule has 2 aromatic carbocycles. The first kappa shape index (κ1) is 19.6. The molecule has 8 heteroatoms.